The van der Waals surface area contributed by atoms with Gasteiger partial charge in [-0.25, -0.2) is 5.84 Å². The maximum atomic E-state index is 11.8. The molecule has 1 atom stereocenters. The van der Waals surface area contributed by atoms with E-state index in [0.29, 0.717) is 23.4 Å². The van der Waals surface area contributed by atoms with Gasteiger partial charge < -0.3 is 14.9 Å². The van der Waals surface area contributed by atoms with Gasteiger partial charge in [0.15, 0.2) is 11.5 Å². The Bertz CT molecular complexity index is 729. The van der Waals surface area contributed by atoms with Gasteiger partial charge in [-0.3, -0.25) is 15.3 Å². The van der Waals surface area contributed by atoms with Crippen molar-refractivity contribution in [2.75, 3.05) is 6.61 Å². The molecule has 136 valence electrons. The summed E-state index contributed by atoms with van der Waals surface area (Å²) in [6, 6.07) is 3.18. The molecule has 1 unspecified atom stereocenters. The lowest BCUT2D eigenvalue weighted by atomic mass is 9.97. The Hall–Kier alpha value is -2.74. The summed E-state index contributed by atoms with van der Waals surface area (Å²) < 4.78 is 5.51. The lowest BCUT2D eigenvalue weighted by molar-refractivity contribution is -0.122. The fourth-order valence-corrected chi connectivity index (χ4v) is 2.52. The number of nitrogens with two attached hydrogens (primary N) is 1. The number of nitrogens with zero attached hydrogens (tertiary/aromatic N) is 1. The molecule has 2 aromatic rings. The van der Waals surface area contributed by atoms with Crippen molar-refractivity contribution in [2.45, 2.75) is 39.0 Å². The molecule has 0 aliphatic rings. The number of aromatic amines is 1. The molecule has 1 amide bonds. The van der Waals surface area contributed by atoms with Crippen molar-refractivity contribution in [2.24, 2.45) is 5.84 Å². The third-order valence-electron chi connectivity index (χ3n) is 4.06. The number of aromatic nitrogens is 2. The van der Waals surface area contributed by atoms with Crippen molar-refractivity contribution in [3.05, 3.63) is 23.9 Å². The number of unbranched alkanes of at least 4 members (excludes halogenated alkanes) is 2. The first kappa shape index (κ1) is 18.6. The Labute approximate surface area is 146 Å². The van der Waals surface area contributed by atoms with Crippen LogP contribution in [0.15, 0.2) is 18.3 Å². The van der Waals surface area contributed by atoms with E-state index in [1.165, 1.54) is 6.20 Å². The van der Waals surface area contributed by atoms with Gasteiger partial charge in [0.25, 0.3) is 0 Å². The predicted molar refractivity (Wildman–Crippen MR) is 93.1 cm³/mol. The normalized spacial score (nSPS) is 12.0. The fourth-order valence-electron chi connectivity index (χ4n) is 2.52. The molecule has 6 N–H and O–H groups in total. The standard InChI is InChI=1S/C17H24N4O4/c1-3-4-5-8-25-13-7-6-11(15(22)16(13)23)14-12(9-19-21-14)10(2)17(24)20-18/h6-7,9-10,22-23H,3-5,8,18H2,1-2H3,(H,19,21)(H,20,24). The van der Waals surface area contributed by atoms with Gasteiger partial charge in [-0.1, -0.05) is 19.8 Å². The number of nitrogens with one attached hydrogen (secondary N) is 2. The van der Waals surface area contributed by atoms with Crippen molar-refractivity contribution in [3.8, 4) is 28.5 Å². The number of rotatable bonds is 8. The van der Waals surface area contributed by atoms with Crippen LogP contribution in [0.4, 0.5) is 0 Å². The highest BCUT2D eigenvalue weighted by atomic mass is 16.5. The largest absolute Gasteiger partial charge is 0.504 e. The topological polar surface area (TPSA) is 133 Å². The van der Waals surface area contributed by atoms with Gasteiger partial charge in [0, 0.05) is 11.1 Å². The van der Waals surface area contributed by atoms with Crippen LogP contribution in [0.3, 0.4) is 0 Å². The third kappa shape index (κ3) is 4.03. The van der Waals surface area contributed by atoms with Crippen LogP contribution in [0.25, 0.3) is 11.3 Å². The molecule has 0 radical (unpaired) electrons. The summed E-state index contributed by atoms with van der Waals surface area (Å²) in [6.07, 6.45) is 4.45. The van der Waals surface area contributed by atoms with Crippen molar-refractivity contribution >= 4 is 5.91 Å². The van der Waals surface area contributed by atoms with E-state index < -0.39 is 5.92 Å². The zero-order valence-electron chi connectivity index (χ0n) is 14.4. The molecule has 0 bridgehead atoms. The lowest BCUT2D eigenvalue weighted by Gasteiger charge is -2.14. The van der Waals surface area contributed by atoms with Crippen molar-refractivity contribution in [3.63, 3.8) is 0 Å². The fraction of sp³-hybridized carbons (Fsp3) is 0.412. The van der Waals surface area contributed by atoms with E-state index >= 15 is 0 Å². The predicted octanol–water partition coefficient (Wildman–Crippen LogP) is 2.15. The van der Waals surface area contributed by atoms with E-state index in [-0.39, 0.29) is 23.2 Å². The Morgan fingerprint density at radius 3 is 2.80 bits per heavy atom. The molecule has 8 heteroatoms. The minimum Gasteiger partial charge on any atom is -0.504 e. The first-order valence-electron chi connectivity index (χ1n) is 8.23. The Morgan fingerprint density at radius 1 is 1.36 bits per heavy atom. The van der Waals surface area contributed by atoms with Crippen molar-refractivity contribution < 1.29 is 19.7 Å². The van der Waals surface area contributed by atoms with E-state index in [4.69, 9.17) is 10.6 Å². The van der Waals surface area contributed by atoms with Gasteiger partial charge in [-0.2, -0.15) is 5.10 Å². The molecule has 25 heavy (non-hydrogen) atoms. The average molecular weight is 348 g/mol. The lowest BCUT2D eigenvalue weighted by Crippen LogP contribution is -2.33. The smallest absolute Gasteiger partial charge is 0.241 e. The first-order chi connectivity index (χ1) is 12.0. The van der Waals surface area contributed by atoms with Crippen molar-refractivity contribution in [1.82, 2.24) is 15.6 Å². The number of H-pyrrole nitrogens is 1. The van der Waals surface area contributed by atoms with Crippen LogP contribution < -0.4 is 16.0 Å². The van der Waals surface area contributed by atoms with Crippen LogP contribution in [0, 0.1) is 0 Å². The summed E-state index contributed by atoms with van der Waals surface area (Å²) >= 11 is 0. The quantitative estimate of drug-likeness (QED) is 0.163. The zero-order chi connectivity index (χ0) is 18.4. The molecule has 0 saturated heterocycles. The number of carbonyl (C=O) groups excluding carboxylic acids is 1. The van der Waals surface area contributed by atoms with E-state index in [1.807, 2.05) is 0 Å². The van der Waals surface area contributed by atoms with E-state index in [0.717, 1.165) is 19.3 Å². The zero-order valence-corrected chi connectivity index (χ0v) is 14.4. The second kappa shape index (κ2) is 8.39. The molecule has 0 saturated carbocycles. The van der Waals surface area contributed by atoms with Gasteiger partial charge in [0.1, 0.15) is 0 Å². The van der Waals surface area contributed by atoms with Gasteiger partial charge in [-0.15, -0.1) is 0 Å². The van der Waals surface area contributed by atoms with Crippen molar-refractivity contribution in [1.29, 1.82) is 0 Å². The Balaban J connectivity index is 2.28. The number of carbonyl (C=O) groups is 1. The second-order valence-electron chi connectivity index (χ2n) is 5.79. The van der Waals surface area contributed by atoms with E-state index in [2.05, 4.69) is 22.5 Å². The number of ether oxygens (including phenoxy) is 1. The first-order valence-corrected chi connectivity index (χ1v) is 8.23. The van der Waals surface area contributed by atoms with Crippen LogP contribution in [0.2, 0.25) is 0 Å². The number of hydrogen-bond acceptors (Lipinski definition) is 6. The molecule has 0 aliphatic carbocycles. The maximum absolute atomic E-state index is 11.8. The second-order valence-corrected chi connectivity index (χ2v) is 5.79. The molecule has 0 spiro atoms. The molecular weight excluding hydrogens is 324 g/mol. The minimum atomic E-state index is -0.578. The summed E-state index contributed by atoms with van der Waals surface area (Å²) in [5.74, 6) is 3.75. The minimum absolute atomic E-state index is 0.214. The summed E-state index contributed by atoms with van der Waals surface area (Å²) in [7, 11) is 0. The average Bonchev–Trinajstić information content (AvgIpc) is 3.10. The SMILES string of the molecule is CCCCCOc1ccc(-c2[nH]ncc2C(C)C(=O)NN)c(O)c1O. The number of phenolic OH excluding ortho intramolecular Hbond substituents is 2. The van der Waals surface area contributed by atoms with Crippen LogP contribution >= 0.6 is 0 Å². The molecule has 1 aromatic heterocycles. The van der Waals surface area contributed by atoms with Crippen LogP contribution in [-0.4, -0.2) is 32.9 Å². The number of hydrogen-bond donors (Lipinski definition) is 5. The van der Waals surface area contributed by atoms with E-state index in [9.17, 15) is 15.0 Å². The van der Waals surface area contributed by atoms with Crippen LogP contribution in [0.1, 0.15) is 44.6 Å². The number of hydrazine groups is 1. The summed E-state index contributed by atoms with van der Waals surface area (Å²) in [5, 5.41) is 27.2. The molecule has 1 aromatic carbocycles. The molecular formula is C17H24N4O4. The van der Waals surface area contributed by atoms with Crippen LogP contribution in [0.5, 0.6) is 17.2 Å². The highest BCUT2D eigenvalue weighted by Crippen LogP contribution is 2.43. The molecule has 2 rings (SSSR count). The molecule has 1 heterocycles. The van der Waals surface area contributed by atoms with Gasteiger partial charge >= 0.3 is 0 Å². The molecule has 8 nitrogen and oxygen atoms in total. The van der Waals surface area contributed by atoms with E-state index in [1.54, 1.807) is 19.1 Å². The summed E-state index contributed by atoms with van der Waals surface area (Å²) in [5.41, 5.74) is 3.39. The Kier molecular flexibility index (Phi) is 6.24. The maximum Gasteiger partial charge on any atom is 0.241 e. The number of aromatic hydroxyl groups is 2. The Morgan fingerprint density at radius 2 is 2.12 bits per heavy atom. The molecule has 0 aliphatic heterocycles. The van der Waals surface area contributed by atoms with Gasteiger partial charge in [-0.05, 0) is 25.5 Å². The van der Waals surface area contributed by atoms with Gasteiger partial charge in [0.05, 0.1) is 24.4 Å². The molecule has 0 fully saturated rings. The number of phenols is 2. The summed E-state index contributed by atoms with van der Waals surface area (Å²) in [4.78, 5) is 11.8. The number of benzene rings is 1. The third-order valence-corrected chi connectivity index (χ3v) is 4.06. The van der Waals surface area contributed by atoms with Gasteiger partial charge in [0.2, 0.25) is 11.7 Å². The summed E-state index contributed by atoms with van der Waals surface area (Å²) in [6.45, 7) is 4.22. The monoisotopic (exact) mass is 348 g/mol. The number of amides is 1. The highest BCUT2D eigenvalue weighted by molar-refractivity contribution is 5.86. The van der Waals surface area contributed by atoms with Crippen LogP contribution in [-0.2, 0) is 4.79 Å². The highest BCUT2D eigenvalue weighted by Gasteiger charge is 2.23.